The number of carbonyl (C=O) groups excluding carboxylic acids is 1. The van der Waals surface area contributed by atoms with Crippen molar-refractivity contribution >= 4 is 30.1 Å². The minimum Gasteiger partial charge on any atom is -0.338 e. The van der Waals surface area contributed by atoms with Gasteiger partial charge in [-0.1, -0.05) is 36.8 Å². The molecular formula is C22H29ClN2OS. The molecular weight excluding hydrogens is 376 g/mol. The molecule has 0 spiro atoms. The first-order valence-corrected chi connectivity index (χ1v) is 10.2. The van der Waals surface area contributed by atoms with Crippen LogP contribution in [0, 0.1) is 19.3 Å². The number of benzene rings is 2. The standard InChI is InChI=1S/C22H28N2OS.ClH/c1-16-7-8-17(2)20(11-16)26-13-18-5-4-6-19(12-18)21(25)24-10-9-22(3,14-23)15-24;/h4-8,11-12H,9-10,13-15,23H2,1-3H3;1H. The molecule has 2 aromatic rings. The molecule has 3 rings (SSSR count). The highest BCUT2D eigenvalue weighted by molar-refractivity contribution is 7.98. The van der Waals surface area contributed by atoms with Gasteiger partial charge in [-0.15, -0.1) is 24.2 Å². The maximum atomic E-state index is 12.9. The molecule has 1 atom stereocenters. The third kappa shape index (κ3) is 5.28. The van der Waals surface area contributed by atoms with Crippen LogP contribution in [0.25, 0.3) is 0 Å². The Morgan fingerprint density at radius 1 is 1.22 bits per heavy atom. The van der Waals surface area contributed by atoms with Crippen LogP contribution in [0.5, 0.6) is 0 Å². The molecule has 1 aliphatic heterocycles. The maximum Gasteiger partial charge on any atom is 0.253 e. The van der Waals surface area contributed by atoms with E-state index in [1.165, 1.54) is 21.6 Å². The summed E-state index contributed by atoms with van der Waals surface area (Å²) in [6.07, 6.45) is 0.984. The van der Waals surface area contributed by atoms with Crippen LogP contribution in [-0.2, 0) is 5.75 Å². The largest absolute Gasteiger partial charge is 0.338 e. The van der Waals surface area contributed by atoms with Crippen LogP contribution >= 0.6 is 24.2 Å². The van der Waals surface area contributed by atoms with Gasteiger partial charge in [-0.25, -0.2) is 0 Å². The summed E-state index contributed by atoms with van der Waals surface area (Å²) < 4.78 is 0. The van der Waals surface area contributed by atoms with Crippen molar-refractivity contribution in [2.75, 3.05) is 19.6 Å². The van der Waals surface area contributed by atoms with Gasteiger partial charge >= 0.3 is 0 Å². The smallest absolute Gasteiger partial charge is 0.253 e. The lowest BCUT2D eigenvalue weighted by Crippen LogP contribution is -2.34. The highest BCUT2D eigenvalue weighted by Gasteiger charge is 2.35. The number of aryl methyl sites for hydroxylation is 2. The second-order valence-corrected chi connectivity index (χ2v) is 8.77. The molecule has 0 radical (unpaired) electrons. The van der Waals surface area contributed by atoms with E-state index in [9.17, 15) is 4.79 Å². The van der Waals surface area contributed by atoms with Gasteiger partial charge in [0.25, 0.3) is 5.91 Å². The summed E-state index contributed by atoms with van der Waals surface area (Å²) in [7, 11) is 0. The quantitative estimate of drug-likeness (QED) is 0.726. The summed E-state index contributed by atoms with van der Waals surface area (Å²) in [6, 6.07) is 14.6. The fraction of sp³-hybridized carbons (Fsp3) is 0.409. The van der Waals surface area contributed by atoms with Gasteiger partial charge in [-0.2, -0.15) is 0 Å². The molecule has 2 N–H and O–H groups in total. The number of nitrogens with zero attached hydrogens (tertiary/aromatic N) is 1. The number of hydrogen-bond donors (Lipinski definition) is 1. The van der Waals surface area contributed by atoms with Crippen molar-refractivity contribution in [3.05, 3.63) is 64.7 Å². The molecule has 0 aromatic heterocycles. The van der Waals surface area contributed by atoms with E-state index in [0.29, 0.717) is 6.54 Å². The van der Waals surface area contributed by atoms with Gasteiger partial charge in [0.1, 0.15) is 0 Å². The zero-order chi connectivity index (χ0) is 18.7. The molecule has 1 unspecified atom stereocenters. The summed E-state index contributed by atoms with van der Waals surface area (Å²) in [6.45, 7) is 8.61. The Balaban J connectivity index is 0.00000261. The Morgan fingerprint density at radius 3 is 2.70 bits per heavy atom. The first-order chi connectivity index (χ1) is 12.4. The van der Waals surface area contributed by atoms with Crippen molar-refractivity contribution in [3.8, 4) is 0 Å². The van der Waals surface area contributed by atoms with Crippen LogP contribution in [0.3, 0.4) is 0 Å². The van der Waals surface area contributed by atoms with Crippen molar-refractivity contribution in [2.45, 2.75) is 37.8 Å². The molecule has 0 saturated carbocycles. The van der Waals surface area contributed by atoms with Gasteiger partial charge in [-0.05, 0) is 61.6 Å². The van der Waals surface area contributed by atoms with Gasteiger partial charge in [0.15, 0.2) is 0 Å². The molecule has 0 aliphatic carbocycles. The van der Waals surface area contributed by atoms with Crippen LogP contribution in [0.4, 0.5) is 0 Å². The summed E-state index contributed by atoms with van der Waals surface area (Å²) in [5.74, 6) is 0.993. The summed E-state index contributed by atoms with van der Waals surface area (Å²) >= 11 is 1.83. The first kappa shape index (κ1) is 21.8. The first-order valence-electron chi connectivity index (χ1n) is 9.18. The second kappa shape index (κ2) is 9.13. The number of halogens is 1. The van der Waals surface area contributed by atoms with Gasteiger partial charge in [0, 0.05) is 29.3 Å². The Labute approximate surface area is 173 Å². The summed E-state index contributed by atoms with van der Waals surface area (Å²) in [5, 5.41) is 0. The van der Waals surface area contributed by atoms with Crippen molar-refractivity contribution < 1.29 is 4.79 Å². The lowest BCUT2D eigenvalue weighted by Gasteiger charge is -2.22. The molecule has 2 aromatic carbocycles. The number of carbonyl (C=O) groups is 1. The van der Waals surface area contributed by atoms with E-state index < -0.39 is 0 Å². The predicted molar refractivity (Wildman–Crippen MR) is 117 cm³/mol. The minimum atomic E-state index is 0. The third-order valence-corrected chi connectivity index (χ3v) is 6.48. The van der Waals surface area contributed by atoms with E-state index in [1.54, 1.807) is 0 Å². The zero-order valence-corrected chi connectivity index (χ0v) is 18.0. The lowest BCUT2D eigenvalue weighted by atomic mass is 9.90. The highest BCUT2D eigenvalue weighted by Crippen LogP contribution is 2.30. The average molecular weight is 405 g/mol. The summed E-state index contributed by atoms with van der Waals surface area (Å²) in [5.41, 5.74) is 10.5. The molecule has 1 aliphatic rings. The number of thioether (sulfide) groups is 1. The van der Waals surface area contributed by atoms with E-state index in [0.717, 1.165) is 30.8 Å². The van der Waals surface area contributed by atoms with Crippen LogP contribution < -0.4 is 5.73 Å². The number of amides is 1. The highest BCUT2D eigenvalue weighted by atomic mass is 35.5. The monoisotopic (exact) mass is 404 g/mol. The molecule has 0 bridgehead atoms. The topological polar surface area (TPSA) is 46.3 Å². The normalized spacial score (nSPS) is 19.0. The van der Waals surface area contributed by atoms with E-state index in [-0.39, 0.29) is 23.7 Å². The predicted octanol–water partition coefficient (Wildman–Crippen LogP) is 4.83. The fourth-order valence-electron chi connectivity index (χ4n) is 3.36. The van der Waals surface area contributed by atoms with Crippen LogP contribution in [0.2, 0.25) is 0 Å². The van der Waals surface area contributed by atoms with Gasteiger partial charge in [0.2, 0.25) is 0 Å². The van der Waals surface area contributed by atoms with Crippen LogP contribution in [-0.4, -0.2) is 30.4 Å². The Hall–Kier alpha value is -1.49. The third-order valence-electron chi connectivity index (χ3n) is 5.25. The average Bonchev–Trinajstić information content (AvgIpc) is 3.05. The Bertz CT molecular complexity index is 811. The molecule has 1 heterocycles. The summed E-state index contributed by atoms with van der Waals surface area (Å²) in [4.78, 5) is 16.1. The van der Waals surface area contributed by atoms with Crippen molar-refractivity contribution in [1.29, 1.82) is 0 Å². The Kier molecular flexibility index (Phi) is 7.38. The molecule has 5 heteroatoms. The number of nitrogens with two attached hydrogens (primary N) is 1. The number of rotatable bonds is 5. The molecule has 1 amide bonds. The molecule has 3 nitrogen and oxygen atoms in total. The van der Waals surface area contributed by atoms with Crippen LogP contribution in [0.1, 0.15) is 40.4 Å². The van der Waals surface area contributed by atoms with Crippen molar-refractivity contribution in [2.24, 2.45) is 11.1 Å². The van der Waals surface area contributed by atoms with E-state index in [1.807, 2.05) is 34.9 Å². The second-order valence-electron chi connectivity index (χ2n) is 7.75. The Morgan fingerprint density at radius 2 is 2.00 bits per heavy atom. The van der Waals surface area contributed by atoms with Gasteiger partial charge in [-0.3, -0.25) is 4.79 Å². The van der Waals surface area contributed by atoms with Crippen molar-refractivity contribution in [3.63, 3.8) is 0 Å². The zero-order valence-electron chi connectivity index (χ0n) is 16.3. The SMILES string of the molecule is Cc1ccc(C)c(SCc2cccc(C(=O)N3CCC(C)(CN)C3)c2)c1.Cl. The van der Waals surface area contributed by atoms with Gasteiger partial charge in [0.05, 0.1) is 0 Å². The van der Waals surface area contributed by atoms with E-state index >= 15 is 0 Å². The van der Waals surface area contributed by atoms with Crippen molar-refractivity contribution in [1.82, 2.24) is 4.90 Å². The number of hydrogen-bond acceptors (Lipinski definition) is 3. The molecule has 146 valence electrons. The lowest BCUT2D eigenvalue weighted by molar-refractivity contribution is 0.0777. The van der Waals surface area contributed by atoms with E-state index in [2.05, 4.69) is 45.0 Å². The fourth-order valence-corrected chi connectivity index (χ4v) is 4.43. The van der Waals surface area contributed by atoms with E-state index in [4.69, 9.17) is 5.73 Å². The van der Waals surface area contributed by atoms with Crippen LogP contribution in [0.15, 0.2) is 47.4 Å². The molecule has 1 saturated heterocycles. The molecule has 1 fully saturated rings. The maximum absolute atomic E-state index is 12.9. The van der Waals surface area contributed by atoms with Gasteiger partial charge < -0.3 is 10.6 Å². The molecule has 27 heavy (non-hydrogen) atoms. The minimum absolute atomic E-state index is 0. The number of likely N-dealkylation sites (tertiary alicyclic amines) is 1.